The Bertz CT molecular complexity index is 224. The fraction of sp³-hybridized carbons (Fsp3) is 0.909. The molecule has 0 aromatic heterocycles. The average Bonchev–Trinajstić information content (AvgIpc) is 2.53. The summed E-state index contributed by atoms with van der Waals surface area (Å²) in [6.45, 7) is 3.46. The van der Waals surface area contributed by atoms with Crippen LogP contribution in [0.1, 0.15) is 32.1 Å². The number of hydrogen-bond acceptors (Lipinski definition) is 2. The molecule has 0 aromatic carbocycles. The molecule has 2 rings (SSSR count). The second-order valence-corrected chi connectivity index (χ2v) is 4.68. The van der Waals surface area contributed by atoms with Gasteiger partial charge in [0.05, 0.1) is 0 Å². The van der Waals surface area contributed by atoms with Gasteiger partial charge in [-0.1, -0.05) is 12.8 Å². The first kappa shape index (κ1) is 10.7. The number of urea groups is 1. The van der Waals surface area contributed by atoms with Gasteiger partial charge in [0, 0.05) is 32.2 Å². The minimum Gasteiger partial charge on any atom is -0.326 e. The summed E-state index contributed by atoms with van der Waals surface area (Å²) in [6.07, 6.45) is 5.81. The second kappa shape index (κ2) is 4.84. The molecule has 2 aliphatic rings. The first-order chi connectivity index (χ1) is 7.27. The number of nitrogens with two attached hydrogens (primary N) is 1. The van der Waals surface area contributed by atoms with Gasteiger partial charge < -0.3 is 15.5 Å². The Kier molecular flexibility index (Phi) is 3.46. The Hall–Kier alpha value is -0.770. The maximum absolute atomic E-state index is 12.1. The van der Waals surface area contributed by atoms with Crippen molar-refractivity contribution < 1.29 is 4.79 Å². The molecule has 2 saturated heterocycles. The molecule has 2 amide bonds. The Morgan fingerprint density at radius 2 is 1.67 bits per heavy atom. The topological polar surface area (TPSA) is 49.6 Å². The molecule has 0 aliphatic carbocycles. The van der Waals surface area contributed by atoms with Crippen LogP contribution in [0.3, 0.4) is 0 Å². The number of likely N-dealkylation sites (tertiary alicyclic amines) is 2. The van der Waals surface area contributed by atoms with Gasteiger partial charge in [0.25, 0.3) is 0 Å². The molecule has 0 spiro atoms. The van der Waals surface area contributed by atoms with E-state index in [-0.39, 0.29) is 12.1 Å². The standard InChI is InChI=1S/C11H21N3O/c12-10-5-8-14(9-10)11(15)13-6-3-1-2-4-7-13/h10H,1-9,12H2/t10-/m1/s1. The predicted molar refractivity (Wildman–Crippen MR) is 59.6 cm³/mol. The van der Waals surface area contributed by atoms with E-state index in [1.54, 1.807) is 0 Å². The minimum absolute atomic E-state index is 0.195. The second-order valence-electron chi connectivity index (χ2n) is 4.68. The Morgan fingerprint density at radius 3 is 2.20 bits per heavy atom. The van der Waals surface area contributed by atoms with Gasteiger partial charge in [0.15, 0.2) is 0 Å². The highest BCUT2D eigenvalue weighted by molar-refractivity contribution is 5.74. The van der Waals surface area contributed by atoms with Gasteiger partial charge in [-0.25, -0.2) is 4.79 Å². The van der Waals surface area contributed by atoms with Crippen molar-refractivity contribution in [3.63, 3.8) is 0 Å². The van der Waals surface area contributed by atoms with Crippen molar-refractivity contribution in [2.45, 2.75) is 38.1 Å². The highest BCUT2D eigenvalue weighted by atomic mass is 16.2. The molecule has 0 unspecified atom stereocenters. The molecule has 4 nitrogen and oxygen atoms in total. The summed E-state index contributed by atoms with van der Waals surface area (Å²) in [4.78, 5) is 16.0. The third-order valence-corrected chi connectivity index (χ3v) is 3.37. The SMILES string of the molecule is N[C@@H]1CCN(C(=O)N2CCCCCC2)C1. The fourth-order valence-electron chi connectivity index (χ4n) is 2.42. The molecular formula is C11H21N3O. The molecule has 1 atom stereocenters. The van der Waals surface area contributed by atoms with Gasteiger partial charge in [0.1, 0.15) is 0 Å². The fourth-order valence-corrected chi connectivity index (χ4v) is 2.42. The number of nitrogens with zero attached hydrogens (tertiary/aromatic N) is 2. The van der Waals surface area contributed by atoms with E-state index in [0.29, 0.717) is 0 Å². The lowest BCUT2D eigenvalue weighted by atomic mass is 10.2. The van der Waals surface area contributed by atoms with Crippen molar-refractivity contribution in [3.8, 4) is 0 Å². The van der Waals surface area contributed by atoms with E-state index in [1.807, 2.05) is 9.80 Å². The third kappa shape index (κ3) is 2.62. The maximum atomic E-state index is 12.1. The first-order valence-electron chi connectivity index (χ1n) is 6.07. The van der Waals surface area contributed by atoms with Crippen molar-refractivity contribution in [2.75, 3.05) is 26.2 Å². The average molecular weight is 211 g/mol. The van der Waals surface area contributed by atoms with Crippen LogP contribution in [0.2, 0.25) is 0 Å². The van der Waals surface area contributed by atoms with Gasteiger partial charge in [-0.3, -0.25) is 0 Å². The van der Waals surface area contributed by atoms with E-state index < -0.39 is 0 Å². The van der Waals surface area contributed by atoms with E-state index in [2.05, 4.69) is 0 Å². The van der Waals surface area contributed by atoms with Gasteiger partial charge >= 0.3 is 6.03 Å². The number of hydrogen-bond donors (Lipinski definition) is 1. The lowest BCUT2D eigenvalue weighted by Crippen LogP contribution is -2.43. The Balaban J connectivity index is 1.88. The van der Waals surface area contributed by atoms with Gasteiger partial charge in [-0.2, -0.15) is 0 Å². The van der Waals surface area contributed by atoms with Crippen LogP contribution in [0.25, 0.3) is 0 Å². The van der Waals surface area contributed by atoms with Crippen molar-refractivity contribution in [1.82, 2.24) is 9.80 Å². The third-order valence-electron chi connectivity index (χ3n) is 3.37. The van der Waals surface area contributed by atoms with Crippen molar-refractivity contribution in [2.24, 2.45) is 5.73 Å². The number of carbonyl (C=O) groups is 1. The molecule has 0 radical (unpaired) electrons. The van der Waals surface area contributed by atoms with Crippen LogP contribution in [-0.2, 0) is 0 Å². The Labute approximate surface area is 91.4 Å². The van der Waals surface area contributed by atoms with Crippen LogP contribution < -0.4 is 5.73 Å². The van der Waals surface area contributed by atoms with Gasteiger partial charge in [-0.05, 0) is 19.3 Å². The quantitative estimate of drug-likeness (QED) is 0.650. The van der Waals surface area contributed by atoms with Crippen molar-refractivity contribution in [1.29, 1.82) is 0 Å². The molecule has 2 fully saturated rings. The van der Waals surface area contributed by atoms with E-state index in [9.17, 15) is 4.79 Å². The summed E-state index contributed by atoms with van der Waals surface area (Å²) < 4.78 is 0. The number of amides is 2. The zero-order chi connectivity index (χ0) is 10.7. The highest BCUT2D eigenvalue weighted by Gasteiger charge is 2.27. The zero-order valence-electron chi connectivity index (χ0n) is 9.32. The molecule has 4 heteroatoms. The van der Waals surface area contributed by atoms with Crippen LogP contribution in [-0.4, -0.2) is 48.1 Å². The predicted octanol–water partition coefficient (Wildman–Crippen LogP) is 1.02. The van der Waals surface area contributed by atoms with Crippen LogP contribution in [0, 0.1) is 0 Å². The van der Waals surface area contributed by atoms with E-state index >= 15 is 0 Å². The molecule has 86 valence electrons. The summed E-state index contributed by atoms with van der Waals surface area (Å²) in [6, 6.07) is 0.408. The van der Waals surface area contributed by atoms with Gasteiger partial charge in [-0.15, -0.1) is 0 Å². The highest BCUT2D eigenvalue weighted by Crippen LogP contribution is 2.14. The Morgan fingerprint density at radius 1 is 1.00 bits per heavy atom. The lowest BCUT2D eigenvalue weighted by molar-refractivity contribution is 0.164. The molecule has 0 bridgehead atoms. The maximum Gasteiger partial charge on any atom is 0.320 e. The molecule has 2 heterocycles. The van der Waals surface area contributed by atoms with Gasteiger partial charge in [0.2, 0.25) is 0 Å². The molecule has 0 aromatic rings. The lowest BCUT2D eigenvalue weighted by Gasteiger charge is -2.26. The minimum atomic E-state index is 0.195. The summed E-state index contributed by atoms with van der Waals surface area (Å²) in [5.41, 5.74) is 5.81. The monoisotopic (exact) mass is 211 g/mol. The first-order valence-corrected chi connectivity index (χ1v) is 6.07. The molecule has 15 heavy (non-hydrogen) atoms. The smallest absolute Gasteiger partial charge is 0.320 e. The summed E-state index contributed by atoms with van der Waals surface area (Å²) in [5.74, 6) is 0. The number of carbonyl (C=O) groups excluding carboxylic acids is 1. The van der Waals surface area contributed by atoms with E-state index in [0.717, 1.165) is 45.4 Å². The van der Waals surface area contributed by atoms with Crippen LogP contribution >= 0.6 is 0 Å². The summed E-state index contributed by atoms with van der Waals surface area (Å²) in [7, 11) is 0. The molecule has 2 N–H and O–H groups in total. The van der Waals surface area contributed by atoms with Crippen LogP contribution in [0.4, 0.5) is 4.79 Å². The van der Waals surface area contributed by atoms with Crippen molar-refractivity contribution >= 4 is 6.03 Å². The van der Waals surface area contributed by atoms with Crippen molar-refractivity contribution in [3.05, 3.63) is 0 Å². The zero-order valence-corrected chi connectivity index (χ0v) is 9.32. The molecule has 0 saturated carbocycles. The summed E-state index contributed by atoms with van der Waals surface area (Å²) in [5, 5.41) is 0. The van der Waals surface area contributed by atoms with Crippen LogP contribution in [0.5, 0.6) is 0 Å². The van der Waals surface area contributed by atoms with E-state index in [1.165, 1.54) is 12.8 Å². The normalized spacial score (nSPS) is 27.9. The summed E-state index contributed by atoms with van der Waals surface area (Å²) >= 11 is 0. The van der Waals surface area contributed by atoms with E-state index in [4.69, 9.17) is 5.73 Å². The largest absolute Gasteiger partial charge is 0.326 e. The van der Waals surface area contributed by atoms with Crippen LogP contribution in [0.15, 0.2) is 0 Å². The molecular weight excluding hydrogens is 190 g/mol. The number of rotatable bonds is 0. The molecule has 2 aliphatic heterocycles.